The fourth-order valence-corrected chi connectivity index (χ4v) is 4.06. The van der Waals surface area contributed by atoms with Gasteiger partial charge in [-0.2, -0.15) is 0 Å². The molecule has 2 aliphatic rings. The summed E-state index contributed by atoms with van der Waals surface area (Å²) in [6.45, 7) is 3.41. The van der Waals surface area contributed by atoms with E-state index >= 15 is 0 Å². The molecular formula is C20H29N3O3. The Hall–Kier alpha value is -1.92. The lowest BCUT2D eigenvalue weighted by Crippen LogP contribution is -2.51. The Balaban J connectivity index is 1.46. The molecule has 2 heterocycles. The number of hydrogen-bond donors (Lipinski definition) is 2. The van der Waals surface area contributed by atoms with Gasteiger partial charge in [0, 0.05) is 32.2 Å². The summed E-state index contributed by atoms with van der Waals surface area (Å²) < 4.78 is 0. The van der Waals surface area contributed by atoms with Crippen LogP contribution in [0, 0.1) is 5.92 Å². The maximum atomic E-state index is 12.6. The van der Waals surface area contributed by atoms with Gasteiger partial charge >= 0.3 is 0 Å². The Morgan fingerprint density at radius 2 is 1.81 bits per heavy atom. The van der Waals surface area contributed by atoms with Crippen molar-refractivity contribution in [3.05, 3.63) is 35.9 Å². The zero-order valence-corrected chi connectivity index (χ0v) is 15.3. The van der Waals surface area contributed by atoms with Crippen LogP contribution in [0.3, 0.4) is 0 Å². The number of likely N-dealkylation sites (tertiary alicyclic amines) is 2. The van der Waals surface area contributed by atoms with Crippen LogP contribution in [0.2, 0.25) is 0 Å². The highest BCUT2D eigenvalue weighted by Crippen LogP contribution is 2.24. The first-order valence-electron chi connectivity index (χ1n) is 9.61. The number of aliphatic hydroxyl groups is 1. The number of rotatable bonds is 5. The van der Waals surface area contributed by atoms with E-state index < -0.39 is 6.61 Å². The number of benzene rings is 1. The van der Waals surface area contributed by atoms with Crippen LogP contribution < -0.4 is 5.32 Å². The van der Waals surface area contributed by atoms with Gasteiger partial charge in [0.2, 0.25) is 11.8 Å². The fourth-order valence-electron chi connectivity index (χ4n) is 4.06. The van der Waals surface area contributed by atoms with Gasteiger partial charge in [-0.1, -0.05) is 30.3 Å². The highest BCUT2D eigenvalue weighted by atomic mass is 16.3. The second-order valence-electron chi connectivity index (χ2n) is 7.31. The molecule has 0 saturated carbocycles. The average molecular weight is 359 g/mol. The molecule has 1 aromatic rings. The summed E-state index contributed by atoms with van der Waals surface area (Å²) in [5.74, 6) is 0.0104. The summed E-state index contributed by atoms with van der Waals surface area (Å²) in [7, 11) is 0. The molecule has 1 atom stereocenters. The van der Waals surface area contributed by atoms with E-state index in [2.05, 4.69) is 10.2 Å². The Kier molecular flexibility index (Phi) is 6.63. The predicted molar refractivity (Wildman–Crippen MR) is 99.3 cm³/mol. The third kappa shape index (κ3) is 4.83. The summed E-state index contributed by atoms with van der Waals surface area (Å²) in [4.78, 5) is 28.3. The number of carbonyl (C=O) groups is 2. The normalized spacial score (nSPS) is 22.2. The van der Waals surface area contributed by atoms with E-state index in [1.807, 2.05) is 30.3 Å². The van der Waals surface area contributed by atoms with Crippen molar-refractivity contribution in [1.82, 2.24) is 15.1 Å². The number of nitrogens with zero attached hydrogens (tertiary/aromatic N) is 2. The van der Waals surface area contributed by atoms with Crippen LogP contribution in [0.25, 0.3) is 0 Å². The van der Waals surface area contributed by atoms with Gasteiger partial charge in [0.15, 0.2) is 0 Å². The number of piperidine rings is 2. The van der Waals surface area contributed by atoms with E-state index in [0.717, 1.165) is 44.3 Å². The smallest absolute Gasteiger partial charge is 0.248 e. The van der Waals surface area contributed by atoms with Gasteiger partial charge in [-0.15, -0.1) is 0 Å². The van der Waals surface area contributed by atoms with Gasteiger partial charge in [-0.05, 0) is 37.8 Å². The van der Waals surface area contributed by atoms with E-state index in [0.29, 0.717) is 25.7 Å². The summed E-state index contributed by atoms with van der Waals surface area (Å²) in [5.41, 5.74) is 1.12. The Morgan fingerprint density at radius 3 is 2.50 bits per heavy atom. The van der Waals surface area contributed by atoms with Crippen LogP contribution in [-0.2, 0) is 16.1 Å². The second-order valence-corrected chi connectivity index (χ2v) is 7.31. The Bertz CT molecular complexity index is 600. The zero-order chi connectivity index (χ0) is 18.4. The summed E-state index contributed by atoms with van der Waals surface area (Å²) in [5, 5.41) is 12.1. The fraction of sp³-hybridized carbons (Fsp3) is 0.600. The van der Waals surface area contributed by atoms with Crippen molar-refractivity contribution in [2.75, 3.05) is 32.8 Å². The predicted octanol–water partition coefficient (Wildman–Crippen LogP) is 0.998. The summed E-state index contributed by atoms with van der Waals surface area (Å²) in [6.07, 6.45) is 3.83. The zero-order valence-electron chi connectivity index (χ0n) is 15.3. The molecule has 2 amide bonds. The van der Waals surface area contributed by atoms with Crippen molar-refractivity contribution in [1.29, 1.82) is 0 Å². The Labute approximate surface area is 155 Å². The van der Waals surface area contributed by atoms with Gasteiger partial charge in [-0.25, -0.2) is 0 Å². The van der Waals surface area contributed by atoms with E-state index in [1.165, 1.54) is 0 Å². The van der Waals surface area contributed by atoms with Crippen molar-refractivity contribution in [3.63, 3.8) is 0 Å². The van der Waals surface area contributed by atoms with Gasteiger partial charge in [-0.3, -0.25) is 14.5 Å². The van der Waals surface area contributed by atoms with Crippen LogP contribution in [0.15, 0.2) is 30.3 Å². The number of carbonyl (C=O) groups excluding carboxylic acids is 2. The molecule has 2 fully saturated rings. The molecular weight excluding hydrogens is 330 g/mol. The molecule has 1 aromatic carbocycles. The van der Waals surface area contributed by atoms with Gasteiger partial charge < -0.3 is 15.3 Å². The van der Waals surface area contributed by atoms with Crippen molar-refractivity contribution < 1.29 is 14.7 Å². The standard InChI is InChI=1S/C20H29N3O3/c24-15-19(25)22-11-8-18(9-12-22)23-10-4-7-17(14-23)20(26)21-13-16-5-2-1-3-6-16/h1-3,5-6,17-18,24H,4,7-15H2,(H,21,26). The first kappa shape index (κ1) is 18.9. The van der Waals surface area contributed by atoms with Crippen LogP contribution >= 0.6 is 0 Å². The number of aliphatic hydroxyl groups excluding tert-OH is 1. The third-order valence-electron chi connectivity index (χ3n) is 5.60. The van der Waals surface area contributed by atoms with Gasteiger partial charge in [0.1, 0.15) is 6.61 Å². The lowest BCUT2D eigenvalue weighted by molar-refractivity contribution is -0.135. The molecule has 1 unspecified atom stereocenters. The maximum absolute atomic E-state index is 12.6. The SMILES string of the molecule is O=C(NCc1ccccc1)C1CCCN(C2CCN(C(=O)CO)CC2)C1. The van der Waals surface area contributed by atoms with Crippen molar-refractivity contribution in [2.24, 2.45) is 5.92 Å². The van der Waals surface area contributed by atoms with Crippen LogP contribution in [-0.4, -0.2) is 65.5 Å². The van der Waals surface area contributed by atoms with Gasteiger partial charge in [0.05, 0.1) is 5.92 Å². The minimum absolute atomic E-state index is 0.0459. The third-order valence-corrected chi connectivity index (χ3v) is 5.60. The molecule has 0 aromatic heterocycles. The molecule has 0 spiro atoms. The maximum Gasteiger partial charge on any atom is 0.248 e. The van der Waals surface area contributed by atoms with Crippen LogP contribution in [0.5, 0.6) is 0 Å². The van der Waals surface area contributed by atoms with Crippen molar-refractivity contribution >= 4 is 11.8 Å². The molecule has 3 rings (SSSR count). The largest absolute Gasteiger partial charge is 0.387 e. The number of hydrogen-bond acceptors (Lipinski definition) is 4. The molecule has 0 radical (unpaired) electrons. The van der Waals surface area contributed by atoms with E-state index in [9.17, 15) is 9.59 Å². The van der Waals surface area contributed by atoms with Crippen molar-refractivity contribution in [3.8, 4) is 0 Å². The van der Waals surface area contributed by atoms with Crippen LogP contribution in [0.4, 0.5) is 0 Å². The number of amides is 2. The van der Waals surface area contributed by atoms with E-state index in [4.69, 9.17) is 5.11 Å². The minimum Gasteiger partial charge on any atom is -0.387 e. The topological polar surface area (TPSA) is 72.9 Å². The molecule has 0 aliphatic carbocycles. The quantitative estimate of drug-likeness (QED) is 0.823. The molecule has 6 nitrogen and oxygen atoms in total. The monoisotopic (exact) mass is 359 g/mol. The molecule has 2 N–H and O–H groups in total. The molecule has 26 heavy (non-hydrogen) atoms. The van der Waals surface area contributed by atoms with Gasteiger partial charge in [0.25, 0.3) is 0 Å². The average Bonchev–Trinajstić information content (AvgIpc) is 2.72. The molecule has 6 heteroatoms. The lowest BCUT2D eigenvalue weighted by Gasteiger charge is -2.42. The first-order valence-corrected chi connectivity index (χ1v) is 9.61. The molecule has 0 bridgehead atoms. The van der Waals surface area contributed by atoms with Crippen molar-refractivity contribution in [2.45, 2.75) is 38.3 Å². The second kappa shape index (κ2) is 9.14. The molecule has 2 saturated heterocycles. The summed E-state index contributed by atoms with van der Waals surface area (Å²) in [6, 6.07) is 10.4. The van der Waals surface area contributed by atoms with E-state index in [1.54, 1.807) is 4.90 Å². The Morgan fingerprint density at radius 1 is 1.08 bits per heavy atom. The molecule has 2 aliphatic heterocycles. The highest BCUT2D eigenvalue weighted by molar-refractivity contribution is 5.79. The number of nitrogens with one attached hydrogen (secondary N) is 1. The minimum atomic E-state index is -0.405. The summed E-state index contributed by atoms with van der Waals surface area (Å²) >= 11 is 0. The highest BCUT2D eigenvalue weighted by Gasteiger charge is 2.32. The lowest BCUT2D eigenvalue weighted by atomic mass is 9.93. The van der Waals surface area contributed by atoms with E-state index in [-0.39, 0.29) is 17.7 Å². The molecule has 142 valence electrons. The first-order chi connectivity index (χ1) is 12.7. The van der Waals surface area contributed by atoms with Crippen LogP contribution in [0.1, 0.15) is 31.2 Å².